The number of carbonyl (C=O) groups excluding carboxylic acids is 1. The average Bonchev–Trinajstić information content (AvgIpc) is 3.30. The first-order valence-electron chi connectivity index (χ1n) is 12.4. The minimum absolute atomic E-state index is 0.0521. The Bertz CT molecular complexity index is 1460. The molecule has 38 heavy (non-hydrogen) atoms. The smallest absolute Gasteiger partial charge is 0.246 e. The number of amides is 1. The van der Waals surface area contributed by atoms with E-state index in [4.69, 9.17) is 16.3 Å². The number of anilines is 2. The number of nitrogens with zero attached hydrogens (tertiary/aromatic N) is 5. The van der Waals surface area contributed by atoms with E-state index >= 15 is 0 Å². The molecule has 196 valence electrons. The molecule has 1 aliphatic heterocycles. The Morgan fingerprint density at radius 1 is 1.24 bits per heavy atom. The SMILES string of the molecule is CN(C)CCC=CC(=O)N1CCc2c(sc3ncnc(Nc4ccc(OCc5ccccn5)c(Cl)c4)c23)C1. The molecule has 0 spiro atoms. The molecule has 1 aliphatic rings. The molecule has 5 rings (SSSR count). The molecule has 0 fully saturated rings. The number of ether oxygens (including phenoxy) is 1. The zero-order chi connectivity index (χ0) is 26.5. The van der Waals surface area contributed by atoms with Crippen molar-refractivity contribution in [3.8, 4) is 5.75 Å². The molecule has 4 heterocycles. The Morgan fingerprint density at radius 3 is 2.92 bits per heavy atom. The lowest BCUT2D eigenvalue weighted by atomic mass is 10.0. The maximum Gasteiger partial charge on any atom is 0.246 e. The summed E-state index contributed by atoms with van der Waals surface area (Å²) >= 11 is 8.14. The Balaban J connectivity index is 1.29. The van der Waals surface area contributed by atoms with Gasteiger partial charge in [0.1, 0.15) is 29.3 Å². The molecule has 0 radical (unpaired) electrons. The highest BCUT2D eigenvalue weighted by Gasteiger charge is 2.25. The van der Waals surface area contributed by atoms with Crippen LogP contribution in [0, 0.1) is 0 Å². The monoisotopic (exact) mass is 548 g/mol. The van der Waals surface area contributed by atoms with Crippen LogP contribution in [-0.2, 0) is 24.4 Å². The van der Waals surface area contributed by atoms with Gasteiger partial charge in [-0.2, -0.15) is 0 Å². The largest absolute Gasteiger partial charge is 0.486 e. The van der Waals surface area contributed by atoms with E-state index < -0.39 is 0 Å². The summed E-state index contributed by atoms with van der Waals surface area (Å²) in [4.78, 5) is 32.1. The van der Waals surface area contributed by atoms with E-state index in [0.29, 0.717) is 30.5 Å². The van der Waals surface area contributed by atoms with Crippen molar-refractivity contribution in [1.29, 1.82) is 0 Å². The van der Waals surface area contributed by atoms with E-state index in [1.165, 1.54) is 5.56 Å². The Kier molecular flexibility index (Phi) is 8.17. The Morgan fingerprint density at radius 2 is 2.13 bits per heavy atom. The van der Waals surface area contributed by atoms with Gasteiger partial charge in [-0.3, -0.25) is 9.78 Å². The molecule has 1 aromatic carbocycles. The summed E-state index contributed by atoms with van der Waals surface area (Å²) in [6.07, 6.45) is 8.56. The number of halogens is 1. The van der Waals surface area contributed by atoms with Crippen molar-refractivity contribution in [3.63, 3.8) is 0 Å². The summed E-state index contributed by atoms with van der Waals surface area (Å²) in [6, 6.07) is 11.3. The molecule has 0 unspecified atom stereocenters. The van der Waals surface area contributed by atoms with Crippen LogP contribution in [0.2, 0.25) is 5.02 Å². The molecule has 10 heteroatoms. The van der Waals surface area contributed by atoms with Crippen molar-refractivity contribution in [1.82, 2.24) is 24.8 Å². The molecule has 4 aromatic rings. The zero-order valence-electron chi connectivity index (χ0n) is 21.4. The van der Waals surface area contributed by atoms with Crippen LogP contribution in [0.5, 0.6) is 5.75 Å². The Hall–Kier alpha value is -3.53. The highest BCUT2D eigenvalue weighted by atomic mass is 35.5. The van der Waals surface area contributed by atoms with Crippen LogP contribution in [0.3, 0.4) is 0 Å². The number of fused-ring (bicyclic) bond motifs is 3. The van der Waals surface area contributed by atoms with Gasteiger partial charge in [0.15, 0.2) is 0 Å². The van der Waals surface area contributed by atoms with Crippen molar-refractivity contribution in [2.75, 3.05) is 32.5 Å². The van der Waals surface area contributed by atoms with Crippen LogP contribution in [0.4, 0.5) is 11.5 Å². The fraction of sp³-hybridized carbons (Fsp3) is 0.286. The van der Waals surface area contributed by atoms with Crippen molar-refractivity contribution in [3.05, 3.63) is 82.2 Å². The molecule has 0 saturated heterocycles. The molecular formula is C28H29ClN6O2S. The van der Waals surface area contributed by atoms with Crippen molar-refractivity contribution >= 4 is 50.6 Å². The molecule has 0 aliphatic carbocycles. The fourth-order valence-corrected chi connectivity index (χ4v) is 5.74. The van der Waals surface area contributed by atoms with Crippen LogP contribution in [0.15, 0.2) is 61.1 Å². The third-order valence-corrected chi connectivity index (χ3v) is 7.67. The zero-order valence-corrected chi connectivity index (χ0v) is 22.9. The third kappa shape index (κ3) is 6.12. The Labute approximate surface area is 230 Å². The normalized spacial score (nSPS) is 13.3. The van der Waals surface area contributed by atoms with Crippen LogP contribution < -0.4 is 10.1 Å². The lowest BCUT2D eigenvalue weighted by Gasteiger charge is -2.26. The molecule has 3 aromatic heterocycles. The standard InChI is InChI=1S/C28H29ClN6O2S/c1-34(2)13-6-4-8-25(36)35-14-11-21-24(16-35)38-28-26(21)27(31-18-32-28)33-19-9-10-23(22(29)15-19)37-17-20-7-3-5-12-30-20/h3-5,7-10,12,15,18H,6,11,13-14,16-17H2,1-2H3,(H,31,32,33). The molecule has 0 atom stereocenters. The molecule has 0 saturated carbocycles. The maximum atomic E-state index is 12.7. The molecule has 0 bridgehead atoms. The second kappa shape index (κ2) is 11.9. The van der Waals surface area contributed by atoms with Crippen molar-refractivity contribution in [2.45, 2.75) is 26.0 Å². The maximum absolute atomic E-state index is 12.7. The number of nitrogens with one attached hydrogen (secondary N) is 1. The highest BCUT2D eigenvalue weighted by Crippen LogP contribution is 2.38. The number of carbonyl (C=O) groups is 1. The highest BCUT2D eigenvalue weighted by molar-refractivity contribution is 7.19. The first-order chi connectivity index (χ1) is 18.5. The molecule has 8 nitrogen and oxygen atoms in total. The van der Waals surface area contributed by atoms with E-state index in [2.05, 4.69) is 25.2 Å². The van der Waals surface area contributed by atoms with Gasteiger partial charge in [-0.15, -0.1) is 11.3 Å². The van der Waals surface area contributed by atoms with Gasteiger partial charge in [0, 0.05) is 29.9 Å². The number of rotatable bonds is 9. The van der Waals surface area contributed by atoms with Crippen LogP contribution in [0.25, 0.3) is 10.2 Å². The van der Waals surface area contributed by atoms with Gasteiger partial charge in [-0.1, -0.05) is 23.7 Å². The second-order valence-electron chi connectivity index (χ2n) is 9.29. The van der Waals surface area contributed by atoms with E-state index in [1.807, 2.05) is 61.5 Å². The molecule has 1 amide bonds. The third-order valence-electron chi connectivity index (χ3n) is 6.25. The molecule has 1 N–H and O–H groups in total. The van der Waals surface area contributed by atoms with E-state index in [0.717, 1.165) is 51.7 Å². The predicted molar refractivity (Wildman–Crippen MR) is 152 cm³/mol. The summed E-state index contributed by atoms with van der Waals surface area (Å²) in [5.41, 5.74) is 2.84. The fourth-order valence-electron chi connectivity index (χ4n) is 4.30. The van der Waals surface area contributed by atoms with Crippen molar-refractivity contribution in [2.24, 2.45) is 0 Å². The van der Waals surface area contributed by atoms with E-state index in [1.54, 1.807) is 29.9 Å². The summed E-state index contributed by atoms with van der Waals surface area (Å²) in [6.45, 7) is 2.51. The first kappa shape index (κ1) is 26.1. The summed E-state index contributed by atoms with van der Waals surface area (Å²) in [5.74, 6) is 1.37. The van der Waals surface area contributed by atoms with Crippen LogP contribution in [-0.4, -0.2) is 57.8 Å². The first-order valence-corrected chi connectivity index (χ1v) is 13.6. The van der Waals surface area contributed by atoms with Gasteiger partial charge in [-0.25, -0.2) is 9.97 Å². The van der Waals surface area contributed by atoms with Crippen LogP contribution >= 0.6 is 22.9 Å². The summed E-state index contributed by atoms with van der Waals surface area (Å²) < 4.78 is 5.85. The second-order valence-corrected chi connectivity index (χ2v) is 10.8. The van der Waals surface area contributed by atoms with Gasteiger partial charge in [0.25, 0.3) is 0 Å². The lowest BCUT2D eigenvalue weighted by molar-refractivity contribution is -0.126. The number of pyridine rings is 1. The summed E-state index contributed by atoms with van der Waals surface area (Å²) in [5, 5.41) is 4.91. The van der Waals surface area contributed by atoms with Gasteiger partial charge < -0.3 is 19.9 Å². The minimum Gasteiger partial charge on any atom is -0.486 e. The summed E-state index contributed by atoms with van der Waals surface area (Å²) in [7, 11) is 4.05. The van der Waals surface area contributed by atoms with Gasteiger partial charge in [0.05, 0.1) is 22.6 Å². The lowest BCUT2D eigenvalue weighted by Crippen LogP contribution is -2.34. The van der Waals surface area contributed by atoms with Gasteiger partial charge >= 0.3 is 0 Å². The molecular weight excluding hydrogens is 520 g/mol. The van der Waals surface area contributed by atoms with Crippen LogP contribution in [0.1, 0.15) is 22.6 Å². The van der Waals surface area contributed by atoms with Crippen molar-refractivity contribution < 1.29 is 9.53 Å². The van der Waals surface area contributed by atoms with E-state index in [9.17, 15) is 4.79 Å². The van der Waals surface area contributed by atoms with E-state index in [-0.39, 0.29) is 5.91 Å². The number of hydrogen-bond acceptors (Lipinski definition) is 8. The average molecular weight is 549 g/mol. The minimum atomic E-state index is 0.0521. The van der Waals surface area contributed by atoms with Gasteiger partial charge in [0.2, 0.25) is 5.91 Å². The number of thiophene rings is 1. The number of hydrogen-bond donors (Lipinski definition) is 1. The topological polar surface area (TPSA) is 83.5 Å². The van der Waals surface area contributed by atoms with Gasteiger partial charge in [-0.05, 0) is 68.9 Å². The predicted octanol–water partition coefficient (Wildman–Crippen LogP) is 5.45. The number of aromatic nitrogens is 3. The number of benzene rings is 1. The quantitative estimate of drug-likeness (QED) is 0.278.